The molecule has 0 rings (SSSR count). The molecule has 21 heavy (non-hydrogen) atoms. The number of ether oxygens (including phenoxy) is 2. The molecule has 0 unspecified atom stereocenters. The van der Waals surface area contributed by atoms with E-state index in [1.807, 2.05) is 6.08 Å². The summed E-state index contributed by atoms with van der Waals surface area (Å²) in [6, 6.07) is 0. The van der Waals surface area contributed by atoms with Crippen molar-refractivity contribution in [1.82, 2.24) is 0 Å². The number of unbranched alkanes of at least 4 members (excludes halogenated alkanes) is 9. The van der Waals surface area contributed by atoms with E-state index in [0.717, 1.165) is 32.0 Å². The van der Waals surface area contributed by atoms with Crippen molar-refractivity contribution in [2.45, 2.75) is 84.5 Å². The minimum absolute atomic E-state index is 0.183. The van der Waals surface area contributed by atoms with Gasteiger partial charge in [0.25, 0.3) is 0 Å². The van der Waals surface area contributed by atoms with Crippen LogP contribution in [0.25, 0.3) is 0 Å². The number of carbonyl (C=O) groups excluding carboxylic acids is 1. The van der Waals surface area contributed by atoms with Gasteiger partial charge in [0.05, 0.1) is 6.61 Å². The van der Waals surface area contributed by atoms with Crippen LogP contribution in [0.1, 0.15) is 84.5 Å². The highest BCUT2D eigenvalue weighted by Gasteiger charge is 1.96. The summed E-state index contributed by atoms with van der Waals surface area (Å²) in [7, 11) is 0. The number of hydrogen-bond donors (Lipinski definition) is 0. The molecule has 0 aliphatic carbocycles. The largest absolute Gasteiger partial charge is 0.464 e. The van der Waals surface area contributed by atoms with Crippen LogP contribution in [0.2, 0.25) is 0 Å². The molecule has 124 valence electrons. The molecule has 0 atom stereocenters. The summed E-state index contributed by atoms with van der Waals surface area (Å²) in [6.07, 6.45) is 16.1. The number of aldehydes is 1. The molecule has 3 heteroatoms. The van der Waals surface area contributed by atoms with E-state index in [-0.39, 0.29) is 6.79 Å². The van der Waals surface area contributed by atoms with Gasteiger partial charge in [-0.1, -0.05) is 65.2 Å². The molecule has 0 aromatic heterocycles. The third-order valence-corrected chi connectivity index (χ3v) is 3.47. The molecule has 0 bridgehead atoms. The number of hydrogen-bond acceptors (Lipinski definition) is 3. The minimum Gasteiger partial charge on any atom is -0.464 e. The zero-order chi connectivity index (χ0) is 15.6. The SMILES string of the molecule is CCCCCCCCCC/C=C(\C=O)OCOCCCC. The maximum atomic E-state index is 10.8. The van der Waals surface area contributed by atoms with E-state index < -0.39 is 0 Å². The van der Waals surface area contributed by atoms with Gasteiger partial charge >= 0.3 is 0 Å². The lowest BCUT2D eigenvalue weighted by atomic mass is 10.1. The monoisotopic (exact) mass is 298 g/mol. The fourth-order valence-corrected chi connectivity index (χ4v) is 2.08. The lowest BCUT2D eigenvalue weighted by Gasteiger charge is -2.06. The molecule has 0 aromatic rings. The maximum Gasteiger partial charge on any atom is 0.189 e. The van der Waals surface area contributed by atoms with Crippen LogP contribution >= 0.6 is 0 Å². The standard InChI is InChI=1S/C18H34O3/c1-3-5-7-8-9-10-11-12-13-14-18(16-19)21-17-20-15-6-4-2/h14,16H,3-13,15,17H2,1-2H3/b18-14+. The molecule has 0 spiro atoms. The Kier molecular flexibility index (Phi) is 16.5. The highest BCUT2D eigenvalue weighted by Crippen LogP contribution is 2.10. The van der Waals surface area contributed by atoms with E-state index in [9.17, 15) is 4.79 Å². The van der Waals surface area contributed by atoms with Crippen LogP contribution in [0.5, 0.6) is 0 Å². The van der Waals surface area contributed by atoms with Gasteiger partial charge in [-0.05, 0) is 25.3 Å². The van der Waals surface area contributed by atoms with Crippen LogP contribution in [0.4, 0.5) is 0 Å². The molecule has 0 amide bonds. The Hall–Kier alpha value is -0.830. The number of allylic oxidation sites excluding steroid dienone is 2. The third-order valence-electron chi connectivity index (χ3n) is 3.47. The predicted molar refractivity (Wildman–Crippen MR) is 88.2 cm³/mol. The van der Waals surface area contributed by atoms with E-state index in [1.165, 1.54) is 44.9 Å². The minimum atomic E-state index is 0.183. The Bertz CT molecular complexity index is 249. The van der Waals surface area contributed by atoms with E-state index in [0.29, 0.717) is 12.4 Å². The summed E-state index contributed by atoms with van der Waals surface area (Å²) in [5, 5.41) is 0. The van der Waals surface area contributed by atoms with Crippen LogP contribution in [0.15, 0.2) is 11.8 Å². The predicted octanol–water partition coefficient (Wildman–Crippen LogP) is 5.39. The molecule has 0 radical (unpaired) electrons. The van der Waals surface area contributed by atoms with Crippen molar-refractivity contribution in [3.63, 3.8) is 0 Å². The summed E-state index contributed by atoms with van der Waals surface area (Å²) >= 11 is 0. The zero-order valence-corrected chi connectivity index (χ0v) is 14.1. The van der Waals surface area contributed by atoms with Gasteiger partial charge in [-0.25, -0.2) is 0 Å². The second-order valence-corrected chi connectivity index (χ2v) is 5.51. The quantitative estimate of drug-likeness (QED) is 0.126. The van der Waals surface area contributed by atoms with Crippen LogP contribution in [-0.4, -0.2) is 19.7 Å². The van der Waals surface area contributed by atoms with Crippen LogP contribution in [-0.2, 0) is 14.3 Å². The average molecular weight is 298 g/mol. The molecule has 0 N–H and O–H groups in total. The lowest BCUT2D eigenvalue weighted by Crippen LogP contribution is -2.02. The summed E-state index contributed by atoms with van der Waals surface area (Å²) in [4.78, 5) is 10.8. The molecule has 3 nitrogen and oxygen atoms in total. The molecular weight excluding hydrogens is 264 g/mol. The molecule has 0 aliphatic heterocycles. The Morgan fingerprint density at radius 1 is 0.857 bits per heavy atom. The van der Waals surface area contributed by atoms with Crippen molar-refractivity contribution < 1.29 is 14.3 Å². The number of carbonyl (C=O) groups is 1. The van der Waals surface area contributed by atoms with Crippen molar-refractivity contribution in [3.05, 3.63) is 11.8 Å². The van der Waals surface area contributed by atoms with Gasteiger partial charge in [-0.15, -0.1) is 0 Å². The van der Waals surface area contributed by atoms with E-state index >= 15 is 0 Å². The number of rotatable bonds is 16. The molecule has 0 heterocycles. The maximum absolute atomic E-state index is 10.8. The van der Waals surface area contributed by atoms with Crippen molar-refractivity contribution in [1.29, 1.82) is 0 Å². The first-order chi connectivity index (χ1) is 10.3. The van der Waals surface area contributed by atoms with Crippen molar-refractivity contribution in [3.8, 4) is 0 Å². The normalized spacial score (nSPS) is 11.6. The van der Waals surface area contributed by atoms with E-state index in [4.69, 9.17) is 9.47 Å². The van der Waals surface area contributed by atoms with Gasteiger partial charge in [0.1, 0.15) is 0 Å². The van der Waals surface area contributed by atoms with Gasteiger partial charge in [-0.2, -0.15) is 0 Å². The van der Waals surface area contributed by atoms with Gasteiger partial charge in [0.2, 0.25) is 0 Å². The average Bonchev–Trinajstić information content (AvgIpc) is 2.51. The van der Waals surface area contributed by atoms with E-state index in [2.05, 4.69) is 13.8 Å². The van der Waals surface area contributed by atoms with Gasteiger partial charge < -0.3 is 9.47 Å². The topological polar surface area (TPSA) is 35.5 Å². The molecule has 0 aliphatic rings. The van der Waals surface area contributed by atoms with Crippen molar-refractivity contribution in [2.75, 3.05) is 13.4 Å². The third kappa shape index (κ3) is 15.4. The Balaban J connectivity index is 3.44. The van der Waals surface area contributed by atoms with Gasteiger partial charge in [0, 0.05) is 0 Å². The molecule has 0 fully saturated rings. The smallest absolute Gasteiger partial charge is 0.189 e. The summed E-state index contributed by atoms with van der Waals surface area (Å²) in [6.45, 7) is 5.24. The summed E-state index contributed by atoms with van der Waals surface area (Å²) < 4.78 is 10.6. The first-order valence-electron chi connectivity index (χ1n) is 8.71. The first kappa shape index (κ1) is 20.2. The summed E-state index contributed by atoms with van der Waals surface area (Å²) in [5.41, 5.74) is 0. The first-order valence-corrected chi connectivity index (χ1v) is 8.71. The molecule has 0 saturated heterocycles. The second-order valence-electron chi connectivity index (χ2n) is 5.51. The van der Waals surface area contributed by atoms with Crippen LogP contribution < -0.4 is 0 Å². The van der Waals surface area contributed by atoms with Gasteiger partial charge in [0.15, 0.2) is 18.8 Å². The van der Waals surface area contributed by atoms with Gasteiger partial charge in [-0.3, -0.25) is 4.79 Å². The van der Waals surface area contributed by atoms with Crippen LogP contribution in [0.3, 0.4) is 0 Å². The lowest BCUT2D eigenvalue weighted by molar-refractivity contribution is -0.111. The second kappa shape index (κ2) is 17.2. The molecule has 0 saturated carbocycles. The molecular formula is C18H34O3. The Labute approximate surface area is 131 Å². The molecule has 0 aromatic carbocycles. The highest BCUT2D eigenvalue weighted by molar-refractivity contribution is 5.69. The Morgan fingerprint density at radius 3 is 2.10 bits per heavy atom. The fourth-order valence-electron chi connectivity index (χ4n) is 2.08. The fraction of sp³-hybridized carbons (Fsp3) is 0.833. The zero-order valence-electron chi connectivity index (χ0n) is 14.1. The van der Waals surface area contributed by atoms with Crippen LogP contribution in [0, 0.1) is 0 Å². The van der Waals surface area contributed by atoms with Crippen molar-refractivity contribution in [2.24, 2.45) is 0 Å². The van der Waals surface area contributed by atoms with E-state index in [1.54, 1.807) is 0 Å². The summed E-state index contributed by atoms with van der Waals surface area (Å²) in [5.74, 6) is 0.412. The van der Waals surface area contributed by atoms with Crippen molar-refractivity contribution >= 4 is 6.29 Å². The Morgan fingerprint density at radius 2 is 1.48 bits per heavy atom. The highest BCUT2D eigenvalue weighted by atomic mass is 16.7.